The number of rotatable bonds is 4. The Morgan fingerprint density at radius 2 is 2.00 bits per heavy atom. The maximum Gasteiger partial charge on any atom is 0.0973 e. The Labute approximate surface area is 93.0 Å². The molecule has 0 heterocycles. The van der Waals surface area contributed by atoms with Gasteiger partial charge in [-0.25, -0.2) is 0 Å². The Balaban J connectivity index is 2.28. The summed E-state index contributed by atoms with van der Waals surface area (Å²) in [6, 6.07) is 0. The van der Waals surface area contributed by atoms with Crippen LogP contribution in [0.4, 0.5) is 0 Å². The van der Waals surface area contributed by atoms with Crippen molar-refractivity contribution in [3.8, 4) is 0 Å². The lowest BCUT2D eigenvalue weighted by atomic mass is 9.80. The zero-order chi connectivity index (χ0) is 11.5. The number of hydrogen-bond donors (Lipinski definition) is 2. The van der Waals surface area contributed by atoms with E-state index >= 15 is 0 Å². The molecule has 3 nitrogen and oxygen atoms in total. The predicted octanol–water partition coefficient (Wildman–Crippen LogP) is 1.54. The lowest BCUT2D eigenvalue weighted by Gasteiger charge is -2.33. The third-order valence-electron chi connectivity index (χ3n) is 3.62. The van der Waals surface area contributed by atoms with Crippen LogP contribution in [0.25, 0.3) is 0 Å². The van der Waals surface area contributed by atoms with Crippen molar-refractivity contribution >= 4 is 0 Å². The van der Waals surface area contributed by atoms with E-state index in [9.17, 15) is 5.11 Å². The third-order valence-corrected chi connectivity index (χ3v) is 3.62. The van der Waals surface area contributed by atoms with Gasteiger partial charge in [-0.15, -0.1) is 0 Å². The smallest absolute Gasteiger partial charge is 0.0973 e. The molecule has 0 aromatic rings. The number of hydrogen-bond acceptors (Lipinski definition) is 3. The van der Waals surface area contributed by atoms with Crippen LogP contribution < -0.4 is 5.73 Å². The Morgan fingerprint density at radius 3 is 2.53 bits per heavy atom. The van der Waals surface area contributed by atoms with Gasteiger partial charge in [0.2, 0.25) is 0 Å². The van der Waals surface area contributed by atoms with E-state index in [-0.39, 0.29) is 6.54 Å². The average molecular weight is 215 g/mol. The molecule has 0 bridgehead atoms. The molecule has 1 rings (SSSR count). The van der Waals surface area contributed by atoms with Crippen LogP contribution in [0.1, 0.15) is 40.0 Å². The van der Waals surface area contributed by atoms with Gasteiger partial charge < -0.3 is 15.6 Å². The molecule has 0 spiro atoms. The molecular weight excluding hydrogens is 190 g/mol. The third kappa shape index (κ3) is 4.09. The van der Waals surface area contributed by atoms with E-state index in [1.807, 2.05) is 0 Å². The van der Waals surface area contributed by atoms with Crippen molar-refractivity contribution in [2.75, 3.05) is 13.2 Å². The van der Waals surface area contributed by atoms with Crippen molar-refractivity contribution in [2.24, 2.45) is 17.6 Å². The lowest BCUT2D eigenvalue weighted by Crippen LogP contribution is -2.41. The Kier molecular flexibility index (Phi) is 4.56. The molecule has 3 N–H and O–H groups in total. The van der Waals surface area contributed by atoms with Crippen LogP contribution >= 0.6 is 0 Å². The molecule has 1 aliphatic rings. The first-order valence-electron chi connectivity index (χ1n) is 5.98. The summed E-state index contributed by atoms with van der Waals surface area (Å²) in [7, 11) is 0. The molecule has 0 radical (unpaired) electrons. The topological polar surface area (TPSA) is 55.5 Å². The molecule has 0 saturated heterocycles. The van der Waals surface area contributed by atoms with Crippen molar-refractivity contribution in [3.05, 3.63) is 0 Å². The summed E-state index contributed by atoms with van der Waals surface area (Å²) in [6.45, 7) is 6.92. The zero-order valence-corrected chi connectivity index (χ0v) is 10.2. The molecule has 1 fully saturated rings. The molecule has 0 aromatic heterocycles. The molecule has 0 amide bonds. The first-order valence-corrected chi connectivity index (χ1v) is 5.98. The van der Waals surface area contributed by atoms with Gasteiger partial charge in [0, 0.05) is 6.54 Å². The fourth-order valence-electron chi connectivity index (χ4n) is 2.01. The van der Waals surface area contributed by atoms with Crippen LogP contribution in [-0.4, -0.2) is 30.0 Å². The predicted molar refractivity (Wildman–Crippen MR) is 61.6 cm³/mol. The minimum absolute atomic E-state index is 0.256. The van der Waals surface area contributed by atoms with E-state index in [0.29, 0.717) is 12.7 Å². The second-order valence-corrected chi connectivity index (χ2v) is 5.40. The van der Waals surface area contributed by atoms with Gasteiger partial charge in [-0.1, -0.05) is 13.8 Å². The van der Waals surface area contributed by atoms with E-state index in [1.54, 1.807) is 6.92 Å². The maximum atomic E-state index is 9.72. The minimum atomic E-state index is -0.869. The minimum Gasteiger partial charge on any atom is -0.386 e. The van der Waals surface area contributed by atoms with Crippen molar-refractivity contribution in [1.82, 2.24) is 0 Å². The average Bonchev–Trinajstić information content (AvgIpc) is 2.20. The van der Waals surface area contributed by atoms with Crippen LogP contribution in [0.15, 0.2) is 0 Å². The van der Waals surface area contributed by atoms with Crippen molar-refractivity contribution in [3.63, 3.8) is 0 Å². The summed E-state index contributed by atoms with van der Waals surface area (Å²) < 4.78 is 5.73. The molecule has 0 aromatic carbocycles. The quantitative estimate of drug-likeness (QED) is 0.748. The molecule has 1 aliphatic carbocycles. The van der Waals surface area contributed by atoms with Crippen LogP contribution in [0.5, 0.6) is 0 Å². The number of aliphatic hydroxyl groups is 1. The van der Waals surface area contributed by atoms with Gasteiger partial charge in [-0.2, -0.15) is 0 Å². The lowest BCUT2D eigenvalue weighted by molar-refractivity contribution is -0.0761. The van der Waals surface area contributed by atoms with E-state index in [0.717, 1.165) is 24.7 Å². The normalized spacial score (nSPS) is 36.2. The monoisotopic (exact) mass is 215 g/mol. The van der Waals surface area contributed by atoms with E-state index in [2.05, 4.69) is 13.8 Å². The molecule has 3 heteroatoms. The molecule has 0 aliphatic heterocycles. The van der Waals surface area contributed by atoms with Crippen LogP contribution in [0, 0.1) is 11.8 Å². The van der Waals surface area contributed by atoms with Crippen molar-refractivity contribution in [2.45, 2.75) is 51.7 Å². The first kappa shape index (κ1) is 12.9. The SMILES string of the molecule is CC1CCC(OCC(C)(O)CN)CC1C. The maximum absolute atomic E-state index is 9.72. The van der Waals surface area contributed by atoms with Gasteiger partial charge in [0.25, 0.3) is 0 Å². The van der Waals surface area contributed by atoms with E-state index < -0.39 is 5.60 Å². The van der Waals surface area contributed by atoms with Crippen LogP contribution in [-0.2, 0) is 4.74 Å². The summed E-state index contributed by atoms with van der Waals surface area (Å²) >= 11 is 0. The van der Waals surface area contributed by atoms with Crippen LogP contribution in [0.3, 0.4) is 0 Å². The largest absolute Gasteiger partial charge is 0.386 e. The fraction of sp³-hybridized carbons (Fsp3) is 1.00. The zero-order valence-electron chi connectivity index (χ0n) is 10.2. The van der Waals surface area contributed by atoms with Gasteiger partial charge in [-0.3, -0.25) is 0 Å². The van der Waals surface area contributed by atoms with E-state index in [1.165, 1.54) is 6.42 Å². The summed E-state index contributed by atoms with van der Waals surface area (Å²) in [5.41, 5.74) is 4.57. The Bertz CT molecular complexity index is 194. The standard InChI is InChI=1S/C12H25NO2/c1-9-4-5-11(6-10(9)2)15-8-12(3,14)7-13/h9-11,14H,4-8,13H2,1-3H3. The highest BCUT2D eigenvalue weighted by molar-refractivity contribution is 4.78. The van der Waals surface area contributed by atoms with E-state index in [4.69, 9.17) is 10.5 Å². The summed E-state index contributed by atoms with van der Waals surface area (Å²) in [4.78, 5) is 0. The number of ether oxygens (including phenoxy) is 1. The molecule has 90 valence electrons. The molecule has 1 saturated carbocycles. The Morgan fingerprint density at radius 1 is 1.33 bits per heavy atom. The molecule has 4 atom stereocenters. The van der Waals surface area contributed by atoms with Crippen LogP contribution in [0.2, 0.25) is 0 Å². The highest BCUT2D eigenvalue weighted by atomic mass is 16.5. The van der Waals surface area contributed by atoms with Gasteiger partial charge >= 0.3 is 0 Å². The fourth-order valence-corrected chi connectivity index (χ4v) is 2.01. The second-order valence-electron chi connectivity index (χ2n) is 5.40. The first-order chi connectivity index (χ1) is 6.94. The van der Waals surface area contributed by atoms with Gasteiger partial charge in [0.1, 0.15) is 0 Å². The Hall–Kier alpha value is -0.120. The highest BCUT2D eigenvalue weighted by Crippen LogP contribution is 2.31. The summed E-state index contributed by atoms with van der Waals surface area (Å²) in [5, 5.41) is 9.72. The van der Waals surface area contributed by atoms with Gasteiger partial charge in [0.15, 0.2) is 0 Å². The summed E-state index contributed by atoms with van der Waals surface area (Å²) in [6.07, 6.45) is 3.78. The van der Waals surface area contributed by atoms with Gasteiger partial charge in [0.05, 0.1) is 18.3 Å². The van der Waals surface area contributed by atoms with Crippen molar-refractivity contribution in [1.29, 1.82) is 0 Å². The van der Waals surface area contributed by atoms with Crippen molar-refractivity contribution < 1.29 is 9.84 Å². The number of nitrogens with two attached hydrogens (primary N) is 1. The van der Waals surface area contributed by atoms with Gasteiger partial charge in [-0.05, 0) is 38.0 Å². The molecular formula is C12H25NO2. The summed E-state index contributed by atoms with van der Waals surface area (Å²) in [5.74, 6) is 1.53. The molecule has 4 unspecified atom stereocenters. The second kappa shape index (κ2) is 5.28. The molecule has 15 heavy (non-hydrogen) atoms. The highest BCUT2D eigenvalue weighted by Gasteiger charge is 2.27.